The summed E-state index contributed by atoms with van der Waals surface area (Å²) in [4.78, 5) is 14.3. The molecule has 1 heterocycles. The van der Waals surface area contributed by atoms with E-state index < -0.39 is 21.6 Å². The van der Waals surface area contributed by atoms with Gasteiger partial charge in [0.05, 0.1) is 7.11 Å². The predicted octanol–water partition coefficient (Wildman–Crippen LogP) is 0.682. The van der Waals surface area contributed by atoms with Crippen LogP contribution in [0, 0.1) is 0 Å². The van der Waals surface area contributed by atoms with Gasteiger partial charge in [-0.05, 0) is 12.1 Å². The van der Waals surface area contributed by atoms with Gasteiger partial charge < -0.3 is 4.74 Å². The van der Waals surface area contributed by atoms with Crippen LogP contribution in [0.1, 0.15) is 0 Å². The van der Waals surface area contributed by atoms with E-state index in [1.165, 1.54) is 18.3 Å². The van der Waals surface area contributed by atoms with Crippen LogP contribution in [0.3, 0.4) is 0 Å². The third-order valence-corrected chi connectivity index (χ3v) is 3.62. The number of nitrogens with zero attached hydrogens (tertiary/aromatic N) is 1. The fraction of sp³-hybridized carbons (Fsp3) is 0.250. The zero-order valence-corrected chi connectivity index (χ0v) is 9.38. The van der Waals surface area contributed by atoms with Crippen molar-refractivity contribution >= 4 is 27.4 Å². The van der Waals surface area contributed by atoms with E-state index in [0.717, 1.165) is 7.11 Å². The molecular formula is C8H8ClNO4S. The van der Waals surface area contributed by atoms with Crippen LogP contribution in [0.2, 0.25) is 5.15 Å². The van der Waals surface area contributed by atoms with Gasteiger partial charge in [0.15, 0.2) is 15.6 Å². The maximum absolute atomic E-state index is 11.6. The molecule has 0 aliphatic rings. The van der Waals surface area contributed by atoms with Gasteiger partial charge in [0.25, 0.3) is 0 Å². The van der Waals surface area contributed by atoms with Crippen molar-refractivity contribution < 1.29 is 17.9 Å². The normalized spacial score (nSPS) is 11.1. The number of esters is 1. The highest BCUT2D eigenvalue weighted by Crippen LogP contribution is 2.19. The smallest absolute Gasteiger partial charge is 0.321 e. The SMILES string of the molecule is COC(=O)CS(=O)(=O)c1cccnc1Cl. The molecule has 0 unspecified atom stereocenters. The lowest BCUT2D eigenvalue weighted by Gasteiger charge is -2.03. The Bertz CT molecular complexity index is 471. The van der Waals surface area contributed by atoms with Crippen molar-refractivity contribution in [2.75, 3.05) is 12.9 Å². The minimum absolute atomic E-state index is 0.151. The summed E-state index contributed by atoms with van der Waals surface area (Å²) in [6.07, 6.45) is 1.36. The third-order valence-electron chi connectivity index (χ3n) is 1.60. The second kappa shape index (κ2) is 4.59. The van der Waals surface area contributed by atoms with E-state index in [1.54, 1.807) is 0 Å². The maximum Gasteiger partial charge on any atom is 0.321 e. The summed E-state index contributed by atoms with van der Waals surface area (Å²) in [6, 6.07) is 2.71. The van der Waals surface area contributed by atoms with E-state index in [0.29, 0.717) is 0 Å². The summed E-state index contributed by atoms with van der Waals surface area (Å²) in [5.41, 5.74) is 0. The van der Waals surface area contributed by atoms with Crippen molar-refractivity contribution in [1.82, 2.24) is 4.98 Å². The van der Waals surface area contributed by atoms with E-state index in [9.17, 15) is 13.2 Å². The Morgan fingerprint density at radius 3 is 2.80 bits per heavy atom. The Labute approximate surface area is 91.9 Å². The molecule has 0 N–H and O–H groups in total. The third kappa shape index (κ3) is 2.90. The molecule has 0 spiro atoms. The van der Waals surface area contributed by atoms with Crippen molar-refractivity contribution in [2.24, 2.45) is 0 Å². The van der Waals surface area contributed by atoms with Crippen molar-refractivity contribution in [2.45, 2.75) is 4.90 Å². The van der Waals surface area contributed by atoms with E-state index in [-0.39, 0.29) is 10.0 Å². The molecule has 0 radical (unpaired) electrons. The molecule has 82 valence electrons. The molecule has 0 aliphatic heterocycles. The van der Waals surface area contributed by atoms with Crippen LogP contribution in [-0.4, -0.2) is 32.2 Å². The van der Waals surface area contributed by atoms with Crippen LogP contribution in [-0.2, 0) is 19.4 Å². The zero-order valence-electron chi connectivity index (χ0n) is 7.81. The molecule has 0 saturated heterocycles. The molecule has 1 aromatic rings. The molecule has 7 heteroatoms. The number of hydrogen-bond acceptors (Lipinski definition) is 5. The molecule has 0 saturated carbocycles. The second-order valence-corrected chi connectivity index (χ2v) is 4.94. The Balaban J connectivity index is 3.07. The summed E-state index contributed by atoms with van der Waals surface area (Å²) >= 11 is 5.59. The van der Waals surface area contributed by atoms with Gasteiger partial charge in [-0.1, -0.05) is 11.6 Å². The first-order chi connectivity index (χ1) is 6.97. The number of halogens is 1. The predicted molar refractivity (Wildman–Crippen MR) is 53.3 cm³/mol. The monoisotopic (exact) mass is 249 g/mol. The summed E-state index contributed by atoms with van der Waals surface area (Å²) in [6.45, 7) is 0. The first kappa shape index (κ1) is 11.9. The van der Waals surface area contributed by atoms with Crippen molar-refractivity contribution in [1.29, 1.82) is 0 Å². The van der Waals surface area contributed by atoms with Gasteiger partial charge in [0, 0.05) is 6.20 Å². The lowest BCUT2D eigenvalue weighted by atomic mass is 10.5. The van der Waals surface area contributed by atoms with Gasteiger partial charge in [0.2, 0.25) is 0 Å². The van der Waals surface area contributed by atoms with Crippen LogP contribution in [0.25, 0.3) is 0 Å². The molecule has 5 nitrogen and oxygen atoms in total. The van der Waals surface area contributed by atoms with Crippen LogP contribution in [0.5, 0.6) is 0 Å². The number of pyridine rings is 1. The molecule has 0 bridgehead atoms. The molecule has 0 amide bonds. The molecule has 1 rings (SSSR count). The van der Waals surface area contributed by atoms with Crippen molar-refractivity contribution in [3.05, 3.63) is 23.5 Å². The van der Waals surface area contributed by atoms with Gasteiger partial charge >= 0.3 is 5.97 Å². The molecular weight excluding hydrogens is 242 g/mol. The fourth-order valence-corrected chi connectivity index (χ4v) is 2.55. The Hall–Kier alpha value is -1.14. The maximum atomic E-state index is 11.6. The van der Waals surface area contributed by atoms with Crippen molar-refractivity contribution in [3.8, 4) is 0 Å². The number of carbonyl (C=O) groups excluding carboxylic acids is 1. The fourth-order valence-electron chi connectivity index (χ4n) is 0.895. The first-order valence-electron chi connectivity index (χ1n) is 3.87. The Morgan fingerprint density at radius 2 is 2.27 bits per heavy atom. The minimum Gasteiger partial charge on any atom is -0.468 e. The van der Waals surface area contributed by atoms with Gasteiger partial charge in [-0.15, -0.1) is 0 Å². The second-order valence-electron chi connectivity index (χ2n) is 2.63. The molecule has 15 heavy (non-hydrogen) atoms. The number of sulfone groups is 1. The quantitative estimate of drug-likeness (QED) is 0.582. The van der Waals surface area contributed by atoms with Gasteiger partial charge in [-0.25, -0.2) is 13.4 Å². The lowest BCUT2D eigenvalue weighted by Crippen LogP contribution is -2.17. The topological polar surface area (TPSA) is 73.3 Å². The molecule has 0 fully saturated rings. The zero-order chi connectivity index (χ0) is 11.5. The Kier molecular flexibility index (Phi) is 3.65. The Morgan fingerprint density at radius 1 is 1.60 bits per heavy atom. The number of carbonyl (C=O) groups is 1. The molecule has 0 aliphatic carbocycles. The standard InChI is InChI=1S/C8H8ClNO4S/c1-14-7(11)5-15(12,13)6-3-2-4-10-8(6)9/h2-4H,5H2,1H3. The number of rotatable bonds is 3. The van der Waals surface area contributed by atoms with Crippen molar-refractivity contribution in [3.63, 3.8) is 0 Å². The number of aromatic nitrogens is 1. The number of ether oxygens (including phenoxy) is 1. The van der Waals surface area contributed by atoms with Crippen LogP contribution in [0.15, 0.2) is 23.2 Å². The largest absolute Gasteiger partial charge is 0.468 e. The lowest BCUT2D eigenvalue weighted by molar-refractivity contribution is -0.137. The van der Waals surface area contributed by atoms with Crippen LogP contribution >= 0.6 is 11.6 Å². The highest BCUT2D eigenvalue weighted by Gasteiger charge is 2.22. The highest BCUT2D eigenvalue weighted by molar-refractivity contribution is 7.92. The van der Waals surface area contributed by atoms with E-state index in [4.69, 9.17) is 11.6 Å². The highest BCUT2D eigenvalue weighted by atomic mass is 35.5. The van der Waals surface area contributed by atoms with Gasteiger partial charge in [0.1, 0.15) is 10.0 Å². The average molecular weight is 250 g/mol. The number of methoxy groups -OCH3 is 1. The summed E-state index contributed by atoms with van der Waals surface area (Å²) in [5.74, 6) is -1.58. The van der Waals surface area contributed by atoms with Crippen LogP contribution in [0.4, 0.5) is 0 Å². The number of hydrogen-bond donors (Lipinski definition) is 0. The summed E-state index contributed by atoms with van der Waals surface area (Å²) < 4.78 is 27.5. The first-order valence-corrected chi connectivity index (χ1v) is 5.90. The van der Waals surface area contributed by atoms with E-state index in [1.807, 2.05) is 0 Å². The molecule has 0 atom stereocenters. The van der Waals surface area contributed by atoms with Crippen LogP contribution < -0.4 is 0 Å². The molecule has 0 aromatic carbocycles. The van der Waals surface area contributed by atoms with Gasteiger partial charge in [-0.3, -0.25) is 4.79 Å². The van der Waals surface area contributed by atoms with Gasteiger partial charge in [-0.2, -0.15) is 0 Å². The summed E-state index contributed by atoms with van der Waals surface area (Å²) in [5, 5.41) is -0.151. The average Bonchev–Trinajstić information content (AvgIpc) is 2.17. The van der Waals surface area contributed by atoms with E-state index in [2.05, 4.69) is 9.72 Å². The minimum atomic E-state index is -3.77. The van der Waals surface area contributed by atoms with E-state index >= 15 is 0 Å². The summed E-state index contributed by atoms with van der Waals surface area (Å²) in [7, 11) is -2.66. The molecule has 1 aromatic heterocycles.